The fourth-order valence-electron chi connectivity index (χ4n) is 3.63. The molecule has 1 fully saturated rings. The first-order valence-electron chi connectivity index (χ1n) is 9.96. The fourth-order valence-corrected chi connectivity index (χ4v) is 3.63. The molecular weight excluding hydrogens is 398 g/mol. The van der Waals surface area contributed by atoms with Crippen molar-refractivity contribution in [1.82, 2.24) is 15.5 Å². The van der Waals surface area contributed by atoms with E-state index < -0.39 is 5.54 Å². The number of ether oxygens (including phenoxy) is 2. The van der Waals surface area contributed by atoms with Gasteiger partial charge in [0.2, 0.25) is 11.8 Å². The normalized spacial score (nSPS) is 17.5. The van der Waals surface area contributed by atoms with Gasteiger partial charge in [-0.2, -0.15) is 0 Å². The number of carbonyl (C=O) groups excluding carboxylic acids is 3. The van der Waals surface area contributed by atoms with Crippen LogP contribution in [0.25, 0.3) is 0 Å². The van der Waals surface area contributed by atoms with E-state index in [4.69, 9.17) is 9.47 Å². The number of carbonyl (C=O) groups is 3. The van der Waals surface area contributed by atoms with E-state index in [0.717, 1.165) is 11.1 Å². The summed E-state index contributed by atoms with van der Waals surface area (Å²) in [7, 11) is 3.13. The van der Waals surface area contributed by atoms with E-state index in [0.29, 0.717) is 18.0 Å². The maximum absolute atomic E-state index is 13.1. The standard InChI is InChI=1S/C23H27N3O5/c1-16(27)24-14-23(25-21(28)11-17-7-5-4-6-8-17)15-26(22(23)29)13-18-9-10-19(30-2)12-20(18)31-3/h4-10,12H,11,13-15H2,1-3H3,(H,24,27)(H,25,28). The highest BCUT2D eigenvalue weighted by Gasteiger charge is 2.53. The van der Waals surface area contributed by atoms with Crippen molar-refractivity contribution < 1.29 is 23.9 Å². The maximum atomic E-state index is 13.1. The van der Waals surface area contributed by atoms with Gasteiger partial charge in [-0.1, -0.05) is 30.3 Å². The summed E-state index contributed by atoms with van der Waals surface area (Å²) in [6.45, 7) is 2.02. The molecule has 1 atom stereocenters. The van der Waals surface area contributed by atoms with Crippen LogP contribution in [0.3, 0.4) is 0 Å². The highest BCUT2D eigenvalue weighted by atomic mass is 16.5. The summed E-state index contributed by atoms with van der Waals surface area (Å²) in [6, 6.07) is 14.7. The molecule has 0 spiro atoms. The highest BCUT2D eigenvalue weighted by Crippen LogP contribution is 2.30. The third-order valence-corrected chi connectivity index (χ3v) is 5.24. The molecule has 2 aromatic carbocycles. The summed E-state index contributed by atoms with van der Waals surface area (Å²) >= 11 is 0. The molecule has 0 saturated carbocycles. The van der Waals surface area contributed by atoms with Crippen LogP contribution >= 0.6 is 0 Å². The van der Waals surface area contributed by atoms with E-state index in [-0.39, 0.29) is 37.2 Å². The molecule has 8 nitrogen and oxygen atoms in total. The maximum Gasteiger partial charge on any atom is 0.252 e. The number of benzene rings is 2. The predicted molar refractivity (Wildman–Crippen MR) is 115 cm³/mol. The van der Waals surface area contributed by atoms with Gasteiger partial charge in [0.25, 0.3) is 5.91 Å². The summed E-state index contributed by atoms with van der Waals surface area (Å²) in [6.07, 6.45) is 0.155. The van der Waals surface area contributed by atoms with E-state index in [2.05, 4.69) is 10.6 Å². The van der Waals surface area contributed by atoms with Crippen molar-refractivity contribution in [2.45, 2.75) is 25.4 Å². The van der Waals surface area contributed by atoms with Gasteiger partial charge in [-0.25, -0.2) is 0 Å². The molecule has 0 aliphatic carbocycles. The third-order valence-electron chi connectivity index (χ3n) is 5.24. The molecule has 164 valence electrons. The first kappa shape index (κ1) is 22.1. The molecule has 3 rings (SSSR count). The summed E-state index contributed by atoms with van der Waals surface area (Å²) in [5.74, 6) is 0.482. The van der Waals surface area contributed by atoms with Crippen LogP contribution in [0.5, 0.6) is 11.5 Å². The third kappa shape index (κ3) is 5.14. The fraction of sp³-hybridized carbons (Fsp3) is 0.348. The van der Waals surface area contributed by atoms with Gasteiger partial charge in [-0.3, -0.25) is 14.4 Å². The van der Waals surface area contributed by atoms with Crippen molar-refractivity contribution >= 4 is 17.7 Å². The lowest BCUT2D eigenvalue weighted by molar-refractivity contribution is -0.157. The molecule has 0 aromatic heterocycles. The SMILES string of the molecule is COc1ccc(CN2CC(CNC(C)=O)(NC(=O)Cc3ccccc3)C2=O)c(OC)c1. The second-order valence-electron chi connectivity index (χ2n) is 7.54. The molecule has 8 heteroatoms. The van der Waals surface area contributed by atoms with E-state index in [1.165, 1.54) is 6.92 Å². The van der Waals surface area contributed by atoms with Crippen LogP contribution in [0.4, 0.5) is 0 Å². The monoisotopic (exact) mass is 425 g/mol. The van der Waals surface area contributed by atoms with Gasteiger partial charge in [-0.15, -0.1) is 0 Å². The number of nitrogens with one attached hydrogen (secondary N) is 2. The Balaban J connectivity index is 1.71. The number of rotatable bonds is 9. The van der Waals surface area contributed by atoms with Crippen molar-refractivity contribution in [3.8, 4) is 11.5 Å². The van der Waals surface area contributed by atoms with E-state index in [1.807, 2.05) is 36.4 Å². The average Bonchev–Trinajstić information content (AvgIpc) is 2.77. The van der Waals surface area contributed by atoms with Gasteiger partial charge in [-0.05, 0) is 17.7 Å². The second kappa shape index (κ2) is 9.51. The van der Waals surface area contributed by atoms with Crippen molar-refractivity contribution in [2.24, 2.45) is 0 Å². The minimum Gasteiger partial charge on any atom is -0.497 e. The highest BCUT2D eigenvalue weighted by molar-refractivity contribution is 5.97. The molecule has 0 radical (unpaired) electrons. The summed E-state index contributed by atoms with van der Waals surface area (Å²) < 4.78 is 10.6. The second-order valence-corrected chi connectivity index (χ2v) is 7.54. The Hall–Kier alpha value is -3.55. The van der Waals surface area contributed by atoms with Crippen LogP contribution in [-0.4, -0.2) is 55.5 Å². The van der Waals surface area contributed by atoms with Crippen LogP contribution in [0, 0.1) is 0 Å². The average molecular weight is 425 g/mol. The Bertz CT molecular complexity index is 963. The quantitative estimate of drug-likeness (QED) is 0.590. The van der Waals surface area contributed by atoms with Crippen molar-refractivity contribution in [1.29, 1.82) is 0 Å². The molecule has 3 amide bonds. The number of amides is 3. The molecule has 0 bridgehead atoms. The zero-order valence-electron chi connectivity index (χ0n) is 17.9. The Morgan fingerprint density at radius 3 is 2.45 bits per heavy atom. The molecular formula is C23H27N3O5. The van der Waals surface area contributed by atoms with Crippen molar-refractivity contribution in [3.05, 3.63) is 59.7 Å². The number of methoxy groups -OCH3 is 2. The number of hydrogen-bond acceptors (Lipinski definition) is 5. The zero-order valence-corrected chi connectivity index (χ0v) is 17.9. The van der Waals surface area contributed by atoms with Gasteiger partial charge in [0.1, 0.15) is 11.5 Å². The lowest BCUT2D eigenvalue weighted by atomic mass is 9.87. The Morgan fingerprint density at radius 2 is 1.84 bits per heavy atom. The summed E-state index contributed by atoms with van der Waals surface area (Å²) in [4.78, 5) is 38.8. The topological polar surface area (TPSA) is 97.0 Å². The molecule has 31 heavy (non-hydrogen) atoms. The van der Waals surface area contributed by atoms with E-state index in [1.54, 1.807) is 31.3 Å². The zero-order chi connectivity index (χ0) is 22.4. The number of β-lactam (4-membered cyclic amide) rings is 1. The Morgan fingerprint density at radius 1 is 1.10 bits per heavy atom. The van der Waals surface area contributed by atoms with E-state index >= 15 is 0 Å². The summed E-state index contributed by atoms with van der Waals surface area (Å²) in [5, 5.41) is 5.52. The lowest BCUT2D eigenvalue weighted by Gasteiger charge is -2.49. The molecule has 1 heterocycles. The molecule has 1 aliphatic heterocycles. The number of nitrogens with zero attached hydrogens (tertiary/aromatic N) is 1. The minimum absolute atomic E-state index is 0.0396. The lowest BCUT2D eigenvalue weighted by Crippen LogP contribution is -2.77. The van der Waals surface area contributed by atoms with Crippen LogP contribution in [0.15, 0.2) is 48.5 Å². The predicted octanol–water partition coefficient (Wildman–Crippen LogP) is 1.28. The van der Waals surface area contributed by atoms with Crippen molar-refractivity contribution in [3.63, 3.8) is 0 Å². The smallest absolute Gasteiger partial charge is 0.252 e. The molecule has 1 unspecified atom stereocenters. The Labute approximate surface area is 181 Å². The van der Waals surface area contributed by atoms with Gasteiger partial charge in [0.15, 0.2) is 5.54 Å². The van der Waals surface area contributed by atoms with Gasteiger partial charge >= 0.3 is 0 Å². The van der Waals surface area contributed by atoms with Crippen LogP contribution < -0.4 is 20.1 Å². The molecule has 1 saturated heterocycles. The first-order chi connectivity index (χ1) is 14.9. The van der Waals surface area contributed by atoms with Gasteiger partial charge in [0, 0.05) is 25.1 Å². The molecule has 1 aliphatic rings. The number of likely N-dealkylation sites (tertiary alicyclic amines) is 1. The minimum atomic E-state index is -1.16. The van der Waals surface area contributed by atoms with E-state index in [9.17, 15) is 14.4 Å². The summed E-state index contributed by atoms with van der Waals surface area (Å²) in [5.41, 5.74) is 0.513. The number of hydrogen-bond donors (Lipinski definition) is 2. The van der Waals surface area contributed by atoms with Crippen molar-refractivity contribution in [2.75, 3.05) is 27.3 Å². The Kier molecular flexibility index (Phi) is 6.79. The first-order valence-corrected chi connectivity index (χ1v) is 9.96. The van der Waals surface area contributed by atoms with Crippen LogP contribution in [-0.2, 0) is 27.3 Å². The molecule has 2 N–H and O–H groups in total. The van der Waals surface area contributed by atoms with Gasteiger partial charge in [0.05, 0.1) is 33.7 Å². The van der Waals surface area contributed by atoms with Gasteiger partial charge < -0.3 is 25.0 Å². The molecule has 2 aromatic rings. The largest absolute Gasteiger partial charge is 0.497 e. The van der Waals surface area contributed by atoms with Crippen LogP contribution in [0.1, 0.15) is 18.1 Å². The van der Waals surface area contributed by atoms with Crippen LogP contribution in [0.2, 0.25) is 0 Å².